The number of esters is 2. The Hall–Kier alpha value is -2.58. The van der Waals surface area contributed by atoms with Gasteiger partial charge in [0.2, 0.25) is 0 Å². The number of benzene rings is 1. The second-order valence-corrected chi connectivity index (χ2v) is 5.33. The van der Waals surface area contributed by atoms with E-state index in [1.54, 1.807) is 24.3 Å². The molecule has 0 aliphatic rings. The highest BCUT2D eigenvalue weighted by Gasteiger charge is 2.33. The number of nitrogens with two attached hydrogens (primary N) is 3. The molecule has 0 radical (unpaired) electrons. The van der Waals surface area contributed by atoms with Crippen molar-refractivity contribution in [2.45, 2.75) is 31.3 Å². The molecule has 0 aliphatic carbocycles. The molecule has 0 heterocycles. The molecule has 1 aromatic rings. The zero-order valence-electron chi connectivity index (χ0n) is 12.8. The van der Waals surface area contributed by atoms with Crippen LogP contribution in [-0.2, 0) is 25.5 Å². The van der Waals surface area contributed by atoms with Gasteiger partial charge in [0.05, 0.1) is 6.21 Å². The first-order valence-corrected chi connectivity index (χ1v) is 6.86. The summed E-state index contributed by atoms with van der Waals surface area (Å²) in [5, 5.41) is 3.40. The third-order valence-electron chi connectivity index (χ3n) is 3.09. The normalized spacial score (nSPS) is 14.9. The maximum Gasteiger partial charge on any atom is 0.333 e. The summed E-state index contributed by atoms with van der Waals surface area (Å²) in [4.78, 5) is 33.9. The van der Waals surface area contributed by atoms with Crippen molar-refractivity contribution in [1.82, 2.24) is 0 Å². The van der Waals surface area contributed by atoms with Gasteiger partial charge in [0.15, 0.2) is 0 Å². The number of nitrogens with zero attached hydrogens (tertiary/aromatic N) is 1. The molecular formula is C15H20N4O4. The average molecular weight is 320 g/mol. The average Bonchev–Trinajstić information content (AvgIpc) is 2.49. The zero-order chi connectivity index (χ0) is 17.5. The monoisotopic (exact) mass is 320 g/mol. The highest BCUT2D eigenvalue weighted by Crippen LogP contribution is 2.14. The van der Waals surface area contributed by atoms with Gasteiger partial charge in [0.1, 0.15) is 17.9 Å². The predicted octanol–water partition coefficient (Wildman–Crippen LogP) is -0.775. The van der Waals surface area contributed by atoms with Crippen molar-refractivity contribution < 1.29 is 19.1 Å². The summed E-state index contributed by atoms with van der Waals surface area (Å²) in [5.41, 5.74) is 11.5. The maximum absolute atomic E-state index is 12.0. The van der Waals surface area contributed by atoms with Crippen LogP contribution < -0.4 is 17.3 Å². The topological polar surface area (TPSA) is 151 Å². The molecule has 1 rings (SSSR count). The molecule has 0 bridgehead atoms. The first-order chi connectivity index (χ1) is 10.8. The molecule has 1 aromatic carbocycles. The first kappa shape index (κ1) is 18.5. The largest absolute Gasteiger partial charge is 0.391 e. The van der Waals surface area contributed by atoms with Crippen LogP contribution in [0.1, 0.15) is 24.5 Å². The number of rotatable bonds is 7. The standard InChI is InChI=1S/C15H20N4O4/c1-15(17,14(22)23-13(21)12(16)6-7-20)8-10-2-4-11(5-3-10)9-19-18/h2-5,7,9,12H,6,8,16-18H2,1H3. The number of hydrazone groups is 1. The summed E-state index contributed by atoms with van der Waals surface area (Å²) in [5.74, 6) is 3.17. The third-order valence-corrected chi connectivity index (χ3v) is 3.09. The van der Waals surface area contributed by atoms with Crippen LogP contribution in [0.3, 0.4) is 0 Å². The van der Waals surface area contributed by atoms with E-state index in [1.165, 1.54) is 13.1 Å². The molecule has 2 unspecified atom stereocenters. The third kappa shape index (κ3) is 5.61. The summed E-state index contributed by atoms with van der Waals surface area (Å²) in [6, 6.07) is 5.86. The van der Waals surface area contributed by atoms with Crippen molar-refractivity contribution in [2.75, 3.05) is 0 Å². The smallest absolute Gasteiger partial charge is 0.333 e. The van der Waals surface area contributed by atoms with Gasteiger partial charge in [-0.05, 0) is 18.1 Å². The van der Waals surface area contributed by atoms with Crippen molar-refractivity contribution in [1.29, 1.82) is 0 Å². The van der Waals surface area contributed by atoms with Crippen molar-refractivity contribution in [3.63, 3.8) is 0 Å². The number of carbonyl (C=O) groups is 3. The Morgan fingerprint density at radius 2 is 1.96 bits per heavy atom. The molecule has 0 saturated carbocycles. The second-order valence-electron chi connectivity index (χ2n) is 5.33. The van der Waals surface area contributed by atoms with Gasteiger partial charge in [-0.1, -0.05) is 24.3 Å². The minimum Gasteiger partial charge on any atom is -0.391 e. The Kier molecular flexibility index (Phi) is 6.55. The Balaban J connectivity index is 2.71. The fourth-order valence-electron chi connectivity index (χ4n) is 1.79. The Bertz CT molecular complexity index is 596. The zero-order valence-corrected chi connectivity index (χ0v) is 12.8. The molecule has 124 valence electrons. The van der Waals surface area contributed by atoms with E-state index < -0.39 is 23.5 Å². The SMILES string of the molecule is CC(N)(Cc1ccc(C=NN)cc1)C(=O)OC(=O)C(N)CC=O. The van der Waals surface area contributed by atoms with Crippen LogP contribution in [0.25, 0.3) is 0 Å². The van der Waals surface area contributed by atoms with E-state index in [0.29, 0.717) is 6.29 Å². The molecular weight excluding hydrogens is 300 g/mol. The van der Waals surface area contributed by atoms with Crippen LogP contribution in [0.4, 0.5) is 0 Å². The lowest BCUT2D eigenvalue weighted by molar-refractivity contribution is -0.164. The van der Waals surface area contributed by atoms with Crippen molar-refractivity contribution >= 4 is 24.4 Å². The molecule has 0 aromatic heterocycles. The predicted molar refractivity (Wildman–Crippen MR) is 84.3 cm³/mol. The minimum atomic E-state index is -1.42. The van der Waals surface area contributed by atoms with Gasteiger partial charge >= 0.3 is 11.9 Å². The van der Waals surface area contributed by atoms with E-state index in [2.05, 4.69) is 9.84 Å². The summed E-state index contributed by atoms with van der Waals surface area (Å²) in [6.45, 7) is 1.45. The fraction of sp³-hybridized carbons (Fsp3) is 0.333. The van der Waals surface area contributed by atoms with Gasteiger partial charge in [-0.15, -0.1) is 0 Å². The van der Waals surface area contributed by atoms with Gasteiger partial charge in [0.25, 0.3) is 0 Å². The molecule has 2 atom stereocenters. The minimum absolute atomic E-state index is 0.155. The lowest BCUT2D eigenvalue weighted by atomic mass is 9.93. The van der Waals surface area contributed by atoms with E-state index in [0.717, 1.165) is 11.1 Å². The Morgan fingerprint density at radius 3 is 2.48 bits per heavy atom. The van der Waals surface area contributed by atoms with Crippen molar-refractivity contribution in [2.24, 2.45) is 22.4 Å². The second kappa shape index (κ2) is 8.16. The highest BCUT2D eigenvalue weighted by molar-refractivity contribution is 5.93. The lowest BCUT2D eigenvalue weighted by Gasteiger charge is -2.22. The van der Waals surface area contributed by atoms with Gasteiger partial charge < -0.3 is 26.8 Å². The number of hydrogen-bond acceptors (Lipinski definition) is 8. The van der Waals surface area contributed by atoms with Crippen molar-refractivity contribution in [3.8, 4) is 0 Å². The van der Waals surface area contributed by atoms with E-state index >= 15 is 0 Å². The fourth-order valence-corrected chi connectivity index (χ4v) is 1.79. The van der Waals surface area contributed by atoms with Crippen LogP contribution >= 0.6 is 0 Å². The van der Waals surface area contributed by atoms with Crippen LogP contribution in [0.15, 0.2) is 29.4 Å². The highest BCUT2D eigenvalue weighted by atomic mass is 16.6. The first-order valence-electron chi connectivity index (χ1n) is 6.86. The summed E-state index contributed by atoms with van der Waals surface area (Å²) in [7, 11) is 0. The molecule has 0 amide bonds. The number of aldehydes is 1. The maximum atomic E-state index is 12.0. The Morgan fingerprint density at radius 1 is 1.35 bits per heavy atom. The molecule has 0 fully saturated rings. The van der Waals surface area contributed by atoms with Gasteiger partial charge in [0, 0.05) is 12.8 Å². The van der Waals surface area contributed by atoms with Crippen LogP contribution in [0.2, 0.25) is 0 Å². The van der Waals surface area contributed by atoms with Crippen molar-refractivity contribution in [3.05, 3.63) is 35.4 Å². The van der Waals surface area contributed by atoms with E-state index in [-0.39, 0.29) is 12.8 Å². The van der Waals surface area contributed by atoms with Crippen LogP contribution in [0, 0.1) is 0 Å². The number of ether oxygens (including phenoxy) is 1. The molecule has 0 spiro atoms. The molecule has 8 nitrogen and oxygen atoms in total. The lowest BCUT2D eigenvalue weighted by Crippen LogP contribution is -2.50. The number of carbonyl (C=O) groups excluding carboxylic acids is 3. The van der Waals surface area contributed by atoms with E-state index in [9.17, 15) is 14.4 Å². The van der Waals surface area contributed by atoms with Gasteiger partial charge in [-0.25, -0.2) is 9.59 Å². The van der Waals surface area contributed by atoms with Crippen LogP contribution in [-0.4, -0.2) is 36.0 Å². The molecule has 8 heteroatoms. The van der Waals surface area contributed by atoms with Gasteiger partial charge in [-0.3, -0.25) is 0 Å². The molecule has 0 aliphatic heterocycles. The van der Waals surface area contributed by atoms with E-state index in [4.69, 9.17) is 17.3 Å². The molecule has 0 saturated heterocycles. The number of hydrogen-bond donors (Lipinski definition) is 3. The summed E-state index contributed by atoms with van der Waals surface area (Å²) in [6.07, 6.45) is 1.89. The molecule has 6 N–H and O–H groups in total. The molecule has 23 heavy (non-hydrogen) atoms. The quantitative estimate of drug-likeness (QED) is 0.149. The van der Waals surface area contributed by atoms with Gasteiger partial charge in [-0.2, -0.15) is 5.10 Å². The van der Waals surface area contributed by atoms with E-state index in [1.807, 2.05) is 0 Å². The van der Waals surface area contributed by atoms with Crippen LogP contribution in [0.5, 0.6) is 0 Å². The summed E-state index contributed by atoms with van der Waals surface area (Å²) >= 11 is 0. The summed E-state index contributed by atoms with van der Waals surface area (Å²) < 4.78 is 4.64. The Labute approximate surface area is 133 Å².